The normalized spacial score (nSPS) is 16.8. The summed E-state index contributed by atoms with van der Waals surface area (Å²) < 4.78 is 2.01. The molecule has 1 aliphatic heterocycles. The van der Waals surface area contributed by atoms with Crippen molar-refractivity contribution in [3.8, 4) is 0 Å². The first-order valence-corrected chi connectivity index (χ1v) is 10.5. The standard InChI is InChI=1S/C23H25N7O/c1-15-8-10-18(11-9-15)24-23(31)29-13-12-28(14-16(29)2)22-25-20-7-5-4-6-19(20)21-27-26-17(3)30(21)22/h4-11,16H,12-14H2,1-3H3,(H,24,31)/t16-/m1/s1. The molecule has 158 valence electrons. The van der Waals surface area contributed by atoms with Gasteiger partial charge in [0.15, 0.2) is 5.65 Å². The van der Waals surface area contributed by atoms with Gasteiger partial charge in [0.25, 0.3) is 0 Å². The maximum atomic E-state index is 12.9. The second-order valence-corrected chi connectivity index (χ2v) is 8.12. The van der Waals surface area contributed by atoms with Gasteiger partial charge >= 0.3 is 6.03 Å². The first-order chi connectivity index (χ1) is 15.0. The van der Waals surface area contributed by atoms with Gasteiger partial charge in [0.05, 0.1) is 5.52 Å². The lowest BCUT2D eigenvalue weighted by Crippen LogP contribution is -2.55. The Labute approximate surface area is 180 Å². The summed E-state index contributed by atoms with van der Waals surface area (Å²) >= 11 is 0. The van der Waals surface area contributed by atoms with Gasteiger partial charge in [-0.3, -0.25) is 0 Å². The summed E-state index contributed by atoms with van der Waals surface area (Å²) in [5.41, 5.74) is 3.68. The Morgan fingerprint density at radius 3 is 2.58 bits per heavy atom. The molecule has 2 amide bonds. The van der Waals surface area contributed by atoms with Crippen molar-refractivity contribution in [2.24, 2.45) is 0 Å². The van der Waals surface area contributed by atoms with E-state index < -0.39 is 0 Å². The van der Waals surface area contributed by atoms with Crippen LogP contribution in [0.25, 0.3) is 16.6 Å². The Hall–Kier alpha value is -3.68. The van der Waals surface area contributed by atoms with Gasteiger partial charge in [0.1, 0.15) is 5.82 Å². The number of piperazine rings is 1. The lowest BCUT2D eigenvalue weighted by molar-refractivity contribution is 0.184. The first kappa shape index (κ1) is 19.3. The summed E-state index contributed by atoms with van der Waals surface area (Å²) in [6.07, 6.45) is 0. The second kappa shape index (κ2) is 7.54. The number of benzene rings is 2. The number of hydrogen-bond donors (Lipinski definition) is 1. The van der Waals surface area contributed by atoms with Gasteiger partial charge in [-0.25, -0.2) is 14.2 Å². The van der Waals surface area contributed by atoms with E-state index >= 15 is 0 Å². The molecule has 1 fully saturated rings. The van der Waals surface area contributed by atoms with Crippen LogP contribution >= 0.6 is 0 Å². The van der Waals surface area contributed by atoms with Gasteiger partial charge in [-0.2, -0.15) is 0 Å². The van der Waals surface area contributed by atoms with Crippen molar-refractivity contribution in [2.45, 2.75) is 26.8 Å². The predicted molar refractivity (Wildman–Crippen MR) is 122 cm³/mol. The van der Waals surface area contributed by atoms with E-state index in [1.54, 1.807) is 0 Å². The zero-order valence-electron chi connectivity index (χ0n) is 17.9. The van der Waals surface area contributed by atoms with Crippen molar-refractivity contribution in [2.75, 3.05) is 29.9 Å². The van der Waals surface area contributed by atoms with E-state index in [-0.39, 0.29) is 12.1 Å². The quantitative estimate of drug-likeness (QED) is 0.541. The fourth-order valence-electron chi connectivity index (χ4n) is 4.18. The molecule has 1 aliphatic rings. The third-order valence-electron chi connectivity index (χ3n) is 5.86. The molecule has 1 atom stereocenters. The number of para-hydroxylation sites is 1. The SMILES string of the molecule is Cc1ccc(NC(=O)N2CCN(c3nc4ccccc4c4nnc(C)n34)C[C@H]2C)cc1. The van der Waals surface area contributed by atoms with Crippen LogP contribution in [0.15, 0.2) is 48.5 Å². The highest BCUT2D eigenvalue weighted by atomic mass is 16.2. The largest absolute Gasteiger partial charge is 0.338 e. The molecule has 1 N–H and O–H groups in total. The first-order valence-electron chi connectivity index (χ1n) is 10.5. The minimum Gasteiger partial charge on any atom is -0.338 e. The van der Waals surface area contributed by atoms with Gasteiger partial charge in [-0.1, -0.05) is 29.8 Å². The van der Waals surface area contributed by atoms with Gasteiger partial charge in [0.2, 0.25) is 5.95 Å². The highest BCUT2D eigenvalue weighted by Crippen LogP contribution is 2.26. The number of amides is 2. The van der Waals surface area contributed by atoms with Crippen LogP contribution in [0.3, 0.4) is 0 Å². The molecule has 5 rings (SSSR count). The van der Waals surface area contributed by atoms with Crippen molar-refractivity contribution < 1.29 is 4.79 Å². The van der Waals surface area contributed by atoms with Gasteiger partial charge in [0, 0.05) is 36.7 Å². The fourth-order valence-corrected chi connectivity index (χ4v) is 4.18. The van der Waals surface area contributed by atoms with Crippen LogP contribution in [0.2, 0.25) is 0 Å². The molecule has 2 aromatic heterocycles. The number of carbonyl (C=O) groups is 1. The Bertz CT molecular complexity index is 1260. The summed E-state index contributed by atoms with van der Waals surface area (Å²) in [5, 5.41) is 12.7. The highest BCUT2D eigenvalue weighted by Gasteiger charge is 2.30. The molecule has 0 bridgehead atoms. The van der Waals surface area contributed by atoms with Crippen LogP contribution in [0.1, 0.15) is 18.3 Å². The molecule has 0 unspecified atom stereocenters. The molecule has 3 heterocycles. The number of nitrogens with one attached hydrogen (secondary N) is 1. The molecular weight excluding hydrogens is 390 g/mol. The third-order valence-corrected chi connectivity index (χ3v) is 5.86. The van der Waals surface area contributed by atoms with Crippen molar-refractivity contribution in [3.63, 3.8) is 0 Å². The van der Waals surface area contributed by atoms with Crippen LogP contribution in [0, 0.1) is 13.8 Å². The average molecular weight is 416 g/mol. The van der Waals surface area contributed by atoms with Crippen molar-refractivity contribution in [1.82, 2.24) is 24.5 Å². The maximum absolute atomic E-state index is 12.9. The molecule has 4 aromatic rings. The molecule has 31 heavy (non-hydrogen) atoms. The third kappa shape index (κ3) is 3.43. The fraction of sp³-hybridized carbons (Fsp3) is 0.304. The molecule has 1 saturated heterocycles. The highest BCUT2D eigenvalue weighted by molar-refractivity contribution is 5.92. The molecule has 0 radical (unpaired) electrons. The lowest BCUT2D eigenvalue weighted by atomic mass is 10.2. The van der Waals surface area contributed by atoms with Crippen molar-refractivity contribution in [3.05, 3.63) is 59.9 Å². The number of fused-ring (bicyclic) bond motifs is 3. The molecule has 0 saturated carbocycles. The van der Waals surface area contributed by atoms with Gasteiger partial charge in [-0.15, -0.1) is 10.2 Å². The number of hydrogen-bond acceptors (Lipinski definition) is 5. The number of aryl methyl sites for hydroxylation is 2. The van der Waals surface area contributed by atoms with Crippen LogP contribution < -0.4 is 10.2 Å². The number of aromatic nitrogens is 4. The number of carbonyl (C=O) groups excluding carboxylic acids is 1. The summed E-state index contributed by atoms with van der Waals surface area (Å²) in [5.74, 6) is 1.62. The Kier molecular flexibility index (Phi) is 4.69. The van der Waals surface area contributed by atoms with E-state index in [0.29, 0.717) is 19.6 Å². The summed E-state index contributed by atoms with van der Waals surface area (Å²) in [4.78, 5) is 21.9. The van der Waals surface area contributed by atoms with Crippen LogP contribution in [-0.2, 0) is 0 Å². The average Bonchev–Trinajstić information content (AvgIpc) is 3.16. The zero-order valence-corrected chi connectivity index (χ0v) is 17.9. The number of nitrogens with zero attached hydrogens (tertiary/aromatic N) is 6. The van der Waals surface area contributed by atoms with E-state index in [2.05, 4.69) is 27.3 Å². The molecule has 8 heteroatoms. The number of rotatable bonds is 2. The van der Waals surface area contributed by atoms with E-state index in [4.69, 9.17) is 4.98 Å². The van der Waals surface area contributed by atoms with E-state index in [1.165, 1.54) is 5.56 Å². The molecule has 8 nitrogen and oxygen atoms in total. The molecule has 2 aromatic carbocycles. The van der Waals surface area contributed by atoms with Crippen LogP contribution in [0.5, 0.6) is 0 Å². The molecule has 0 spiro atoms. The molecule has 0 aliphatic carbocycles. The Balaban J connectivity index is 1.40. The molecular formula is C23H25N7O. The minimum atomic E-state index is -0.0758. The summed E-state index contributed by atoms with van der Waals surface area (Å²) in [7, 11) is 0. The van der Waals surface area contributed by atoms with Crippen LogP contribution in [0.4, 0.5) is 16.4 Å². The minimum absolute atomic E-state index is 0.0271. The Morgan fingerprint density at radius 1 is 1.03 bits per heavy atom. The summed E-state index contributed by atoms with van der Waals surface area (Å²) in [6, 6.07) is 15.8. The van der Waals surface area contributed by atoms with Gasteiger partial charge in [-0.05, 0) is 45.0 Å². The number of anilines is 2. The smallest absolute Gasteiger partial charge is 0.322 e. The second-order valence-electron chi connectivity index (χ2n) is 8.12. The summed E-state index contributed by atoms with van der Waals surface area (Å²) in [6.45, 7) is 8.01. The topological polar surface area (TPSA) is 78.7 Å². The Morgan fingerprint density at radius 2 is 1.81 bits per heavy atom. The van der Waals surface area contributed by atoms with E-state index in [9.17, 15) is 4.79 Å². The van der Waals surface area contributed by atoms with Gasteiger partial charge < -0.3 is 15.1 Å². The monoisotopic (exact) mass is 415 g/mol. The van der Waals surface area contributed by atoms with E-state index in [1.807, 2.05) is 71.7 Å². The maximum Gasteiger partial charge on any atom is 0.322 e. The number of urea groups is 1. The van der Waals surface area contributed by atoms with Crippen molar-refractivity contribution in [1.29, 1.82) is 0 Å². The van der Waals surface area contributed by atoms with Crippen LogP contribution in [-0.4, -0.2) is 56.2 Å². The zero-order chi connectivity index (χ0) is 21.5. The van der Waals surface area contributed by atoms with Crippen molar-refractivity contribution >= 4 is 34.2 Å². The lowest BCUT2D eigenvalue weighted by Gasteiger charge is -2.40. The van der Waals surface area contributed by atoms with E-state index in [0.717, 1.165) is 34.0 Å². The predicted octanol–water partition coefficient (Wildman–Crippen LogP) is 3.64.